The van der Waals surface area contributed by atoms with Gasteiger partial charge in [0.05, 0.1) is 6.10 Å². The number of hydrogen-bond acceptors (Lipinski definition) is 1. The molecule has 0 radical (unpaired) electrons. The zero-order chi connectivity index (χ0) is 16.6. The summed E-state index contributed by atoms with van der Waals surface area (Å²) in [7, 11) is 1.45. The van der Waals surface area contributed by atoms with Crippen LogP contribution in [0, 0.1) is 0 Å². The van der Waals surface area contributed by atoms with Crippen molar-refractivity contribution in [3.05, 3.63) is 96.6 Å². The lowest BCUT2D eigenvalue weighted by atomic mass is 10.1. The first-order valence-electron chi connectivity index (χ1n) is 8.34. The Morgan fingerprint density at radius 2 is 1.17 bits per heavy atom. The lowest BCUT2D eigenvalue weighted by Crippen LogP contribution is -2.15. The molecule has 122 valence electrons. The van der Waals surface area contributed by atoms with Gasteiger partial charge in [0.2, 0.25) is 0 Å². The van der Waals surface area contributed by atoms with Crippen LogP contribution in [0.25, 0.3) is 0 Å². The topological polar surface area (TPSA) is 9.23 Å². The highest BCUT2D eigenvalue weighted by Crippen LogP contribution is 2.37. The second-order valence-electron chi connectivity index (χ2n) is 5.75. The maximum atomic E-state index is 5.77. The van der Waals surface area contributed by atoms with Crippen LogP contribution >= 0.6 is 7.92 Å². The molecule has 1 unspecified atom stereocenters. The van der Waals surface area contributed by atoms with Gasteiger partial charge < -0.3 is 4.74 Å². The van der Waals surface area contributed by atoms with Gasteiger partial charge in [0.1, 0.15) is 0 Å². The SMILES string of the molecule is COC(CCP(c1ccccc1)c1ccccc1)c1ccccc1. The van der Waals surface area contributed by atoms with Gasteiger partial charge in [-0.3, -0.25) is 0 Å². The number of benzene rings is 3. The Hall–Kier alpha value is -1.95. The van der Waals surface area contributed by atoms with Gasteiger partial charge in [0.15, 0.2) is 0 Å². The van der Waals surface area contributed by atoms with Crippen molar-refractivity contribution in [1.29, 1.82) is 0 Å². The molecule has 0 aliphatic rings. The molecule has 0 aliphatic heterocycles. The van der Waals surface area contributed by atoms with Crippen LogP contribution in [0.3, 0.4) is 0 Å². The van der Waals surface area contributed by atoms with Crippen LogP contribution in [0.4, 0.5) is 0 Å². The Morgan fingerprint density at radius 1 is 0.708 bits per heavy atom. The normalized spacial score (nSPS) is 12.2. The molecule has 1 nitrogen and oxygen atoms in total. The first kappa shape index (κ1) is 16.9. The summed E-state index contributed by atoms with van der Waals surface area (Å²) in [6.07, 6.45) is 2.30. The van der Waals surface area contributed by atoms with Gasteiger partial charge in [-0.25, -0.2) is 0 Å². The van der Waals surface area contributed by atoms with E-state index in [1.165, 1.54) is 16.2 Å². The highest BCUT2D eigenvalue weighted by atomic mass is 31.1. The predicted octanol–water partition coefficient (Wildman–Crippen LogP) is 4.90. The van der Waals surface area contributed by atoms with Crippen molar-refractivity contribution in [1.82, 2.24) is 0 Å². The van der Waals surface area contributed by atoms with Crippen molar-refractivity contribution in [3.63, 3.8) is 0 Å². The first-order chi connectivity index (χ1) is 11.9. The summed E-state index contributed by atoms with van der Waals surface area (Å²) in [5.74, 6) is 0. The zero-order valence-corrected chi connectivity index (χ0v) is 14.9. The summed E-state index contributed by atoms with van der Waals surface area (Å²) in [6, 6.07) is 32.3. The van der Waals surface area contributed by atoms with Crippen LogP contribution in [-0.4, -0.2) is 13.3 Å². The van der Waals surface area contributed by atoms with Crippen LogP contribution in [-0.2, 0) is 4.74 Å². The minimum absolute atomic E-state index is 0.156. The molecule has 0 saturated carbocycles. The quantitative estimate of drug-likeness (QED) is 0.559. The lowest BCUT2D eigenvalue weighted by Gasteiger charge is -2.22. The molecule has 0 fully saturated rings. The fraction of sp³-hybridized carbons (Fsp3) is 0.182. The third-order valence-corrected chi connectivity index (χ3v) is 6.75. The molecule has 3 rings (SSSR count). The molecule has 0 amide bonds. The summed E-state index contributed by atoms with van der Waals surface area (Å²) < 4.78 is 5.77. The molecule has 0 aliphatic carbocycles. The molecular weight excluding hydrogens is 311 g/mol. The van der Waals surface area contributed by atoms with E-state index in [0.29, 0.717) is 0 Å². The monoisotopic (exact) mass is 334 g/mol. The molecule has 3 aromatic carbocycles. The molecule has 1 atom stereocenters. The van der Waals surface area contributed by atoms with Crippen LogP contribution in [0.1, 0.15) is 18.1 Å². The average Bonchev–Trinajstić information content (AvgIpc) is 2.67. The summed E-state index contributed by atoms with van der Waals surface area (Å²) in [4.78, 5) is 0. The largest absolute Gasteiger partial charge is 0.377 e. The second kappa shape index (κ2) is 8.78. The Labute approximate surface area is 146 Å². The number of hydrogen-bond donors (Lipinski definition) is 0. The van der Waals surface area contributed by atoms with E-state index in [-0.39, 0.29) is 14.0 Å². The highest BCUT2D eigenvalue weighted by molar-refractivity contribution is 7.73. The molecule has 24 heavy (non-hydrogen) atoms. The highest BCUT2D eigenvalue weighted by Gasteiger charge is 2.17. The molecule has 0 aromatic heterocycles. The van der Waals surface area contributed by atoms with Crippen molar-refractivity contribution in [2.24, 2.45) is 0 Å². The Balaban J connectivity index is 1.80. The number of ether oxygens (including phenoxy) is 1. The third kappa shape index (κ3) is 4.32. The summed E-state index contributed by atoms with van der Waals surface area (Å²) in [5, 5.41) is 2.86. The lowest BCUT2D eigenvalue weighted by molar-refractivity contribution is 0.101. The van der Waals surface area contributed by atoms with Gasteiger partial charge in [-0.05, 0) is 36.7 Å². The van der Waals surface area contributed by atoms with Crippen molar-refractivity contribution in [2.45, 2.75) is 12.5 Å². The summed E-state index contributed by atoms with van der Waals surface area (Å²) in [6.45, 7) is 0. The molecule has 3 aromatic rings. The van der Waals surface area contributed by atoms with Gasteiger partial charge in [-0.1, -0.05) is 91.0 Å². The maximum Gasteiger partial charge on any atom is 0.0824 e. The maximum absolute atomic E-state index is 5.77. The standard InChI is InChI=1S/C22H23OP/c1-23-22(19-11-5-2-6-12-19)17-18-24(20-13-7-3-8-14-20)21-15-9-4-10-16-21/h2-16,22H,17-18H2,1H3. The van der Waals surface area contributed by atoms with Crippen molar-refractivity contribution >= 4 is 18.5 Å². The van der Waals surface area contributed by atoms with Crippen molar-refractivity contribution in [2.75, 3.05) is 13.3 Å². The van der Waals surface area contributed by atoms with E-state index in [1.807, 2.05) is 7.11 Å². The molecule has 0 N–H and O–H groups in total. The zero-order valence-electron chi connectivity index (χ0n) is 14.0. The van der Waals surface area contributed by atoms with Gasteiger partial charge in [-0.15, -0.1) is 0 Å². The van der Waals surface area contributed by atoms with E-state index in [4.69, 9.17) is 4.74 Å². The molecule has 0 saturated heterocycles. The van der Waals surface area contributed by atoms with E-state index >= 15 is 0 Å². The van der Waals surface area contributed by atoms with Crippen LogP contribution < -0.4 is 10.6 Å². The number of rotatable bonds is 7. The molecular formula is C22H23OP. The van der Waals surface area contributed by atoms with E-state index in [2.05, 4.69) is 91.0 Å². The summed E-state index contributed by atoms with van der Waals surface area (Å²) in [5.41, 5.74) is 1.26. The van der Waals surface area contributed by atoms with E-state index < -0.39 is 0 Å². The van der Waals surface area contributed by atoms with E-state index in [1.54, 1.807) is 0 Å². The molecule has 0 spiro atoms. The molecule has 2 heteroatoms. The molecule has 0 bridgehead atoms. The third-order valence-electron chi connectivity index (χ3n) is 4.21. The van der Waals surface area contributed by atoms with Crippen LogP contribution in [0.2, 0.25) is 0 Å². The predicted molar refractivity (Wildman–Crippen MR) is 105 cm³/mol. The fourth-order valence-electron chi connectivity index (χ4n) is 2.96. The van der Waals surface area contributed by atoms with E-state index in [0.717, 1.165) is 12.6 Å². The first-order valence-corrected chi connectivity index (χ1v) is 9.86. The van der Waals surface area contributed by atoms with Gasteiger partial charge >= 0.3 is 0 Å². The minimum Gasteiger partial charge on any atom is -0.377 e. The Morgan fingerprint density at radius 3 is 1.62 bits per heavy atom. The van der Waals surface area contributed by atoms with Crippen molar-refractivity contribution in [3.8, 4) is 0 Å². The average molecular weight is 334 g/mol. The van der Waals surface area contributed by atoms with Crippen molar-refractivity contribution < 1.29 is 4.74 Å². The van der Waals surface area contributed by atoms with Gasteiger partial charge in [0, 0.05) is 7.11 Å². The van der Waals surface area contributed by atoms with Gasteiger partial charge in [0.25, 0.3) is 0 Å². The van der Waals surface area contributed by atoms with Crippen LogP contribution in [0.5, 0.6) is 0 Å². The molecule has 0 heterocycles. The Kier molecular flexibility index (Phi) is 6.18. The number of methoxy groups -OCH3 is 1. The smallest absolute Gasteiger partial charge is 0.0824 e. The minimum atomic E-state index is -0.359. The second-order valence-corrected chi connectivity index (χ2v) is 8.08. The fourth-order valence-corrected chi connectivity index (χ4v) is 5.33. The van der Waals surface area contributed by atoms with Gasteiger partial charge in [-0.2, -0.15) is 0 Å². The van der Waals surface area contributed by atoms with E-state index in [9.17, 15) is 0 Å². The summed E-state index contributed by atoms with van der Waals surface area (Å²) >= 11 is 0. The Bertz CT molecular complexity index is 673. The van der Waals surface area contributed by atoms with Crippen LogP contribution in [0.15, 0.2) is 91.0 Å².